The molecular weight excluding hydrogens is 973 g/mol. The van der Waals surface area contributed by atoms with E-state index in [0.717, 1.165) is 103 Å². The van der Waals surface area contributed by atoms with Crippen LogP contribution in [-0.2, 0) is 28.6 Å². The Morgan fingerprint density at radius 1 is 0.266 bits per heavy atom. The van der Waals surface area contributed by atoms with Gasteiger partial charge in [-0.3, -0.25) is 14.4 Å². The molecule has 0 N–H and O–H groups in total. The Bertz CT molecular complexity index is 1540. The lowest BCUT2D eigenvalue weighted by molar-refractivity contribution is -0.167. The van der Waals surface area contributed by atoms with Gasteiger partial charge in [0.15, 0.2) is 6.10 Å². The van der Waals surface area contributed by atoms with Crippen molar-refractivity contribution in [2.75, 3.05) is 13.2 Å². The van der Waals surface area contributed by atoms with Gasteiger partial charge in [0.05, 0.1) is 0 Å². The largest absolute Gasteiger partial charge is 0.462 e. The molecule has 0 heterocycles. The van der Waals surface area contributed by atoms with Crippen LogP contribution in [0.15, 0.2) is 97.2 Å². The molecule has 0 saturated carbocycles. The maximum absolute atomic E-state index is 12.9. The SMILES string of the molecule is CC/C=C\C/C=C\C/C=C\CCCCCC(=O)OCC(COC(=O)CCCCCCCCCCCC/C=C\C/C=C\C/C=C\CCCCCCC)OC(=O)CCCCCCCCCCCCC/C=C\C/C=C\CCCCCCC. The average molecular weight is 1100 g/mol. The first-order valence-corrected chi connectivity index (χ1v) is 33.7. The zero-order chi connectivity index (χ0) is 57.1. The lowest BCUT2D eigenvalue weighted by Crippen LogP contribution is -2.30. The fourth-order valence-electron chi connectivity index (χ4n) is 9.50. The molecule has 0 bridgehead atoms. The molecule has 0 fully saturated rings. The third kappa shape index (κ3) is 65.0. The lowest BCUT2D eigenvalue weighted by Gasteiger charge is -2.18. The summed E-state index contributed by atoms with van der Waals surface area (Å²) in [6, 6.07) is 0. The van der Waals surface area contributed by atoms with Gasteiger partial charge in [-0.1, -0.05) is 285 Å². The predicted octanol–water partition coefficient (Wildman–Crippen LogP) is 23.2. The molecule has 0 amide bonds. The maximum Gasteiger partial charge on any atom is 0.306 e. The molecule has 0 spiro atoms. The van der Waals surface area contributed by atoms with Crippen LogP contribution in [0, 0.1) is 0 Å². The van der Waals surface area contributed by atoms with Crippen molar-refractivity contribution >= 4 is 17.9 Å². The summed E-state index contributed by atoms with van der Waals surface area (Å²) >= 11 is 0. The number of unbranched alkanes of at least 4 members (excludes halogenated alkanes) is 34. The van der Waals surface area contributed by atoms with Crippen molar-refractivity contribution < 1.29 is 28.6 Å². The highest BCUT2D eigenvalue weighted by atomic mass is 16.6. The van der Waals surface area contributed by atoms with E-state index < -0.39 is 6.10 Å². The molecule has 0 saturated heterocycles. The van der Waals surface area contributed by atoms with Crippen molar-refractivity contribution in [3.63, 3.8) is 0 Å². The van der Waals surface area contributed by atoms with Crippen molar-refractivity contribution in [1.82, 2.24) is 0 Å². The molecule has 0 aromatic carbocycles. The van der Waals surface area contributed by atoms with E-state index in [1.165, 1.54) is 186 Å². The van der Waals surface area contributed by atoms with Crippen molar-refractivity contribution in [3.8, 4) is 0 Å². The summed E-state index contributed by atoms with van der Waals surface area (Å²) in [6.07, 6.45) is 90.0. The van der Waals surface area contributed by atoms with Crippen LogP contribution >= 0.6 is 0 Å². The Hall–Kier alpha value is -3.67. The standard InChI is InChI=1S/C73H126O6/c1-4-7-10-13-16-19-22-25-27-29-31-33-35-36-38-39-41-43-45-48-51-54-57-60-63-66-72(75)78-69-70(68-77-71(74)65-62-59-56-53-50-47-24-21-18-15-12-9-6-3)79-73(76)67-64-61-58-55-52-49-46-44-42-40-37-34-32-30-28-26-23-20-17-14-11-8-5-2/h9,12,18,21-23,25-26,29-32,35-36,47,50,70H,4-8,10-11,13-17,19-20,24,27-28,33-34,37-46,48-49,51-69H2,1-3H3/b12-9-,21-18-,25-22-,26-23-,31-29-,32-30-,36-35-,50-47-. The van der Waals surface area contributed by atoms with E-state index in [1.807, 2.05) is 0 Å². The molecule has 0 aromatic rings. The Balaban J connectivity index is 4.33. The van der Waals surface area contributed by atoms with Gasteiger partial charge in [-0.15, -0.1) is 0 Å². The summed E-state index contributed by atoms with van der Waals surface area (Å²) in [7, 11) is 0. The first-order chi connectivity index (χ1) is 39.0. The van der Waals surface area contributed by atoms with E-state index in [-0.39, 0.29) is 31.1 Å². The van der Waals surface area contributed by atoms with E-state index in [0.29, 0.717) is 19.3 Å². The second-order valence-corrected chi connectivity index (χ2v) is 22.3. The predicted molar refractivity (Wildman–Crippen MR) is 344 cm³/mol. The number of esters is 3. The fraction of sp³-hybridized carbons (Fsp3) is 0.740. The number of hydrogen-bond acceptors (Lipinski definition) is 6. The first-order valence-electron chi connectivity index (χ1n) is 33.7. The molecular formula is C73H126O6. The van der Waals surface area contributed by atoms with Crippen LogP contribution in [0.3, 0.4) is 0 Å². The van der Waals surface area contributed by atoms with Crippen LogP contribution < -0.4 is 0 Å². The van der Waals surface area contributed by atoms with Crippen LogP contribution in [0.4, 0.5) is 0 Å². The molecule has 1 unspecified atom stereocenters. The Morgan fingerprint density at radius 3 is 0.785 bits per heavy atom. The molecule has 0 aliphatic rings. The van der Waals surface area contributed by atoms with Crippen LogP contribution in [0.1, 0.15) is 329 Å². The highest BCUT2D eigenvalue weighted by Gasteiger charge is 2.19. The number of carbonyl (C=O) groups excluding carboxylic acids is 3. The summed E-state index contributed by atoms with van der Waals surface area (Å²) in [4.78, 5) is 38.4. The number of hydrogen-bond donors (Lipinski definition) is 0. The summed E-state index contributed by atoms with van der Waals surface area (Å²) < 4.78 is 16.9. The summed E-state index contributed by atoms with van der Waals surface area (Å²) in [5, 5.41) is 0. The zero-order valence-electron chi connectivity index (χ0n) is 52.1. The Kier molecular flexibility index (Phi) is 63.7. The maximum atomic E-state index is 12.9. The number of ether oxygens (including phenoxy) is 3. The molecule has 0 rings (SSSR count). The molecule has 6 heteroatoms. The van der Waals surface area contributed by atoms with Gasteiger partial charge in [-0.2, -0.15) is 0 Å². The normalized spacial score (nSPS) is 12.7. The van der Waals surface area contributed by atoms with Gasteiger partial charge in [0.2, 0.25) is 0 Å². The highest BCUT2D eigenvalue weighted by molar-refractivity contribution is 5.71. The molecule has 79 heavy (non-hydrogen) atoms. The molecule has 0 radical (unpaired) electrons. The smallest absolute Gasteiger partial charge is 0.306 e. The highest BCUT2D eigenvalue weighted by Crippen LogP contribution is 2.16. The zero-order valence-corrected chi connectivity index (χ0v) is 52.1. The van der Waals surface area contributed by atoms with Gasteiger partial charge < -0.3 is 14.2 Å². The monoisotopic (exact) mass is 1100 g/mol. The van der Waals surface area contributed by atoms with E-state index in [1.54, 1.807) is 0 Å². The van der Waals surface area contributed by atoms with Crippen molar-refractivity contribution in [3.05, 3.63) is 97.2 Å². The number of rotatable bonds is 61. The molecule has 6 nitrogen and oxygen atoms in total. The van der Waals surface area contributed by atoms with E-state index in [9.17, 15) is 14.4 Å². The van der Waals surface area contributed by atoms with Gasteiger partial charge in [-0.05, 0) is 122 Å². The summed E-state index contributed by atoms with van der Waals surface area (Å²) in [6.45, 7) is 6.50. The third-order valence-corrected chi connectivity index (χ3v) is 14.5. The molecule has 1 atom stereocenters. The van der Waals surface area contributed by atoms with E-state index in [2.05, 4.69) is 118 Å². The fourth-order valence-corrected chi connectivity index (χ4v) is 9.50. The molecule has 0 aromatic heterocycles. The molecule has 0 aliphatic carbocycles. The summed E-state index contributed by atoms with van der Waals surface area (Å²) in [5.74, 6) is -0.914. The second-order valence-electron chi connectivity index (χ2n) is 22.3. The average Bonchev–Trinajstić information content (AvgIpc) is 3.45. The van der Waals surface area contributed by atoms with Crippen molar-refractivity contribution in [2.24, 2.45) is 0 Å². The topological polar surface area (TPSA) is 78.9 Å². The van der Waals surface area contributed by atoms with Gasteiger partial charge >= 0.3 is 17.9 Å². The minimum absolute atomic E-state index is 0.0891. The second kappa shape index (κ2) is 66.8. The van der Waals surface area contributed by atoms with Gasteiger partial charge in [-0.25, -0.2) is 0 Å². The number of allylic oxidation sites excluding steroid dienone is 16. The van der Waals surface area contributed by atoms with Crippen LogP contribution in [0.5, 0.6) is 0 Å². The molecule has 454 valence electrons. The van der Waals surface area contributed by atoms with Crippen LogP contribution in [0.25, 0.3) is 0 Å². The quantitative estimate of drug-likeness (QED) is 0.0261. The first kappa shape index (κ1) is 75.3. The van der Waals surface area contributed by atoms with E-state index in [4.69, 9.17) is 14.2 Å². The van der Waals surface area contributed by atoms with Crippen molar-refractivity contribution in [2.45, 2.75) is 335 Å². The van der Waals surface area contributed by atoms with Gasteiger partial charge in [0.25, 0.3) is 0 Å². The van der Waals surface area contributed by atoms with Crippen LogP contribution in [0.2, 0.25) is 0 Å². The minimum atomic E-state index is -0.795. The molecule has 0 aliphatic heterocycles. The van der Waals surface area contributed by atoms with E-state index >= 15 is 0 Å². The Morgan fingerprint density at radius 2 is 0.494 bits per heavy atom. The van der Waals surface area contributed by atoms with Gasteiger partial charge in [0, 0.05) is 19.3 Å². The minimum Gasteiger partial charge on any atom is -0.462 e. The lowest BCUT2D eigenvalue weighted by atomic mass is 10.0. The number of carbonyl (C=O) groups is 3. The van der Waals surface area contributed by atoms with Gasteiger partial charge in [0.1, 0.15) is 13.2 Å². The third-order valence-electron chi connectivity index (χ3n) is 14.5. The van der Waals surface area contributed by atoms with Crippen molar-refractivity contribution in [1.29, 1.82) is 0 Å². The van der Waals surface area contributed by atoms with Crippen LogP contribution in [-0.4, -0.2) is 37.2 Å². The Labute approximate surface area is 489 Å². The summed E-state index contributed by atoms with van der Waals surface area (Å²) in [5.41, 5.74) is 0.